The molecule has 136 valence electrons. The van der Waals surface area contributed by atoms with Crippen molar-refractivity contribution in [3.8, 4) is 11.1 Å². The lowest BCUT2D eigenvalue weighted by Gasteiger charge is -2.11. The fraction of sp³-hybridized carbons (Fsp3) is 0.0435. The summed E-state index contributed by atoms with van der Waals surface area (Å²) in [6.07, 6.45) is 4.91. The monoisotopic (exact) mass is 365 g/mol. The molecule has 0 radical (unpaired) electrons. The van der Waals surface area contributed by atoms with Gasteiger partial charge >= 0.3 is 0 Å². The Hall–Kier alpha value is -3.86. The molecule has 0 unspecified atom stereocenters. The second-order valence-electron chi connectivity index (χ2n) is 6.94. The van der Waals surface area contributed by atoms with Gasteiger partial charge in [-0.2, -0.15) is 4.98 Å². The number of hydrogen-bond acceptors (Lipinski definition) is 5. The van der Waals surface area contributed by atoms with Gasteiger partial charge in [0.25, 0.3) is 0 Å². The van der Waals surface area contributed by atoms with E-state index in [0.29, 0.717) is 5.82 Å². The number of fused-ring (bicyclic) bond motifs is 4. The molecule has 5 rings (SSSR count). The van der Waals surface area contributed by atoms with Gasteiger partial charge in [-0.3, -0.25) is 0 Å². The van der Waals surface area contributed by atoms with Crippen molar-refractivity contribution in [2.24, 2.45) is 0 Å². The Morgan fingerprint density at radius 3 is 2.57 bits per heavy atom. The summed E-state index contributed by atoms with van der Waals surface area (Å²) < 4.78 is 0. The summed E-state index contributed by atoms with van der Waals surface area (Å²) in [6, 6.07) is 21.0. The van der Waals surface area contributed by atoms with Gasteiger partial charge < -0.3 is 16.8 Å². The summed E-state index contributed by atoms with van der Waals surface area (Å²) in [7, 11) is 0. The van der Waals surface area contributed by atoms with Gasteiger partial charge in [0.05, 0.1) is 5.52 Å². The minimum atomic E-state index is 0.198. The number of nitrogens with zero attached hydrogens (tertiary/aromatic N) is 2. The Morgan fingerprint density at radius 1 is 0.821 bits per heavy atom. The fourth-order valence-corrected chi connectivity index (χ4v) is 3.73. The first-order valence-corrected chi connectivity index (χ1v) is 9.14. The van der Waals surface area contributed by atoms with Crippen molar-refractivity contribution >= 4 is 34.4 Å². The molecule has 0 bridgehead atoms. The molecule has 0 atom stereocenters. The zero-order chi connectivity index (χ0) is 19.1. The van der Waals surface area contributed by atoms with E-state index in [-0.39, 0.29) is 5.95 Å². The maximum absolute atomic E-state index is 6.03. The van der Waals surface area contributed by atoms with Crippen LogP contribution in [0, 0.1) is 0 Å². The minimum Gasteiger partial charge on any atom is -0.383 e. The van der Waals surface area contributed by atoms with E-state index in [1.807, 2.05) is 24.4 Å². The lowest BCUT2D eigenvalue weighted by molar-refractivity contribution is 1.19. The van der Waals surface area contributed by atoms with Crippen molar-refractivity contribution in [2.75, 3.05) is 16.8 Å². The molecule has 0 saturated heterocycles. The second kappa shape index (κ2) is 6.39. The summed E-state index contributed by atoms with van der Waals surface area (Å²) in [4.78, 5) is 8.31. The van der Waals surface area contributed by atoms with Crippen LogP contribution in [0.5, 0.6) is 0 Å². The van der Waals surface area contributed by atoms with Crippen molar-refractivity contribution in [1.82, 2.24) is 9.97 Å². The number of anilines is 3. The van der Waals surface area contributed by atoms with Gasteiger partial charge in [0, 0.05) is 22.8 Å². The first-order valence-electron chi connectivity index (χ1n) is 9.14. The highest BCUT2D eigenvalue weighted by atomic mass is 15.0. The molecule has 0 amide bonds. The predicted octanol–water partition coefficient (Wildman–Crippen LogP) is 4.45. The molecule has 0 aliphatic carbocycles. The molecular weight excluding hydrogens is 346 g/mol. The summed E-state index contributed by atoms with van der Waals surface area (Å²) in [5.41, 5.74) is 19.6. The van der Waals surface area contributed by atoms with E-state index in [1.165, 1.54) is 22.3 Å². The van der Waals surface area contributed by atoms with Crippen LogP contribution in [0.25, 0.3) is 28.1 Å². The average Bonchev–Trinajstić information content (AvgIpc) is 2.87. The third-order valence-electron chi connectivity index (χ3n) is 5.05. The Bertz CT molecular complexity index is 1240. The number of rotatable bonds is 2. The van der Waals surface area contributed by atoms with E-state index in [1.54, 1.807) is 0 Å². The van der Waals surface area contributed by atoms with Crippen molar-refractivity contribution < 1.29 is 0 Å². The van der Waals surface area contributed by atoms with Crippen LogP contribution >= 0.6 is 0 Å². The molecular formula is C23H19N5. The minimum absolute atomic E-state index is 0.198. The first-order chi connectivity index (χ1) is 13.7. The third-order valence-corrected chi connectivity index (χ3v) is 5.05. The molecule has 1 aliphatic rings. The van der Waals surface area contributed by atoms with Crippen molar-refractivity contribution in [1.29, 1.82) is 0 Å². The van der Waals surface area contributed by atoms with Gasteiger partial charge in [-0.15, -0.1) is 0 Å². The number of para-hydroxylation sites is 1. The third kappa shape index (κ3) is 2.83. The maximum atomic E-state index is 6.03. The highest BCUT2D eigenvalue weighted by Gasteiger charge is 2.12. The Morgan fingerprint density at radius 2 is 1.64 bits per heavy atom. The molecule has 3 aromatic carbocycles. The van der Waals surface area contributed by atoms with Gasteiger partial charge in [-0.25, -0.2) is 4.98 Å². The van der Waals surface area contributed by atoms with Crippen LogP contribution in [0.3, 0.4) is 0 Å². The van der Waals surface area contributed by atoms with Crippen LogP contribution in [-0.2, 0) is 6.42 Å². The lowest BCUT2D eigenvalue weighted by Crippen LogP contribution is -2.01. The summed E-state index contributed by atoms with van der Waals surface area (Å²) in [5.74, 6) is 0.612. The standard InChI is InChI=1S/C23H19N5/c24-22-19-13-15(6-8-21(19)27-23(25)28-22)11-14-5-7-17-16(12-14)9-10-26-20-4-2-1-3-18(17)20/h1-10,12-13,26H,11H2,(H4,24,25,27,28). The highest BCUT2D eigenvalue weighted by Crippen LogP contribution is 2.34. The van der Waals surface area contributed by atoms with Gasteiger partial charge in [-0.05, 0) is 52.9 Å². The van der Waals surface area contributed by atoms with Crippen LogP contribution in [0.1, 0.15) is 16.7 Å². The number of hydrogen-bond donors (Lipinski definition) is 3. The highest BCUT2D eigenvalue weighted by molar-refractivity contribution is 5.90. The van der Waals surface area contributed by atoms with Gasteiger partial charge in [-0.1, -0.05) is 42.5 Å². The number of nitrogens with one attached hydrogen (secondary N) is 1. The molecule has 1 aromatic heterocycles. The number of nitrogens with two attached hydrogens (primary N) is 2. The van der Waals surface area contributed by atoms with E-state index >= 15 is 0 Å². The topological polar surface area (TPSA) is 89.8 Å². The Kier molecular flexibility index (Phi) is 3.72. The second-order valence-corrected chi connectivity index (χ2v) is 6.94. The molecule has 2 heterocycles. The van der Waals surface area contributed by atoms with Gasteiger partial charge in [0.1, 0.15) is 5.82 Å². The Labute approximate surface area is 162 Å². The molecule has 0 spiro atoms. The number of benzene rings is 3. The zero-order valence-corrected chi connectivity index (χ0v) is 15.2. The van der Waals surface area contributed by atoms with Crippen molar-refractivity contribution in [2.45, 2.75) is 6.42 Å². The number of nitrogen functional groups attached to an aromatic ring is 2. The summed E-state index contributed by atoms with van der Waals surface area (Å²) in [6.45, 7) is 0. The SMILES string of the molecule is Nc1nc(N)c2cc(Cc3ccc4c(c3)C=CNc3ccccc3-4)ccc2n1. The smallest absolute Gasteiger partial charge is 0.222 e. The van der Waals surface area contributed by atoms with Crippen LogP contribution in [0.15, 0.2) is 66.9 Å². The molecule has 5 nitrogen and oxygen atoms in total. The lowest BCUT2D eigenvalue weighted by atomic mass is 9.94. The van der Waals surface area contributed by atoms with E-state index in [2.05, 4.69) is 63.8 Å². The van der Waals surface area contributed by atoms with E-state index in [9.17, 15) is 0 Å². The van der Waals surface area contributed by atoms with Gasteiger partial charge in [0.2, 0.25) is 5.95 Å². The maximum Gasteiger partial charge on any atom is 0.222 e. The van der Waals surface area contributed by atoms with Crippen LogP contribution in [-0.4, -0.2) is 9.97 Å². The Balaban J connectivity index is 1.52. The zero-order valence-electron chi connectivity index (χ0n) is 15.2. The fourth-order valence-electron chi connectivity index (χ4n) is 3.73. The van der Waals surface area contributed by atoms with Crippen LogP contribution < -0.4 is 16.8 Å². The molecule has 1 aliphatic heterocycles. The summed E-state index contributed by atoms with van der Waals surface area (Å²) in [5, 5.41) is 4.19. The number of aromatic nitrogens is 2. The largest absolute Gasteiger partial charge is 0.383 e. The molecule has 28 heavy (non-hydrogen) atoms. The van der Waals surface area contributed by atoms with E-state index < -0.39 is 0 Å². The molecule has 0 fully saturated rings. The average molecular weight is 365 g/mol. The van der Waals surface area contributed by atoms with Gasteiger partial charge in [0.15, 0.2) is 0 Å². The molecule has 4 aromatic rings. The van der Waals surface area contributed by atoms with Crippen LogP contribution in [0.2, 0.25) is 0 Å². The molecule has 5 N–H and O–H groups in total. The van der Waals surface area contributed by atoms with E-state index in [4.69, 9.17) is 11.5 Å². The van der Waals surface area contributed by atoms with E-state index in [0.717, 1.165) is 28.6 Å². The summed E-state index contributed by atoms with van der Waals surface area (Å²) >= 11 is 0. The van der Waals surface area contributed by atoms with Crippen molar-refractivity contribution in [3.63, 3.8) is 0 Å². The molecule has 0 saturated carbocycles. The first kappa shape index (κ1) is 16.3. The normalized spacial score (nSPS) is 12.1. The van der Waals surface area contributed by atoms with Crippen molar-refractivity contribution in [3.05, 3.63) is 83.6 Å². The molecule has 5 heteroatoms. The van der Waals surface area contributed by atoms with Crippen LogP contribution in [0.4, 0.5) is 17.5 Å². The predicted molar refractivity (Wildman–Crippen MR) is 116 cm³/mol. The quantitative estimate of drug-likeness (QED) is 0.488.